The third-order valence-corrected chi connectivity index (χ3v) is 4.87. The zero-order valence-electron chi connectivity index (χ0n) is 14.6. The Kier molecular flexibility index (Phi) is 7.69. The largest absolute Gasteiger partial charge is 0.452 e. The summed E-state index contributed by atoms with van der Waals surface area (Å²) in [5, 5.41) is 3.26. The molecule has 1 atom stereocenters. The monoisotopic (exact) mass is 406 g/mol. The fraction of sp³-hybridized carbons (Fsp3) is 0.211. The summed E-state index contributed by atoms with van der Waals surface area (Å²) in [7, 11) is 0. The van der Waals surface area contributed by atoms with Gasteiger partial charge in [0.05, 0.1) is 5.75 Å². The number of halogens is 1. The summed E-state index contributed by atoms with van der Waals surface area (Å²) in [6.07, 6.45) is -0.950. The zero-order valence-corrected chi connectivity index (χ0v) is 16.2. The zero-order chi connectivity index (χ0) is 19.8. The van der Waals surface area contributed by atoms with Gasteiger partial charge in [-0.05, 0) is 42.8 Å². The van der Waals surface area contributed by atoms with E-state index in [-0.39, 0.29) is 5.75 Å². The number of esters is 1. The number of thioether (sulfide) groups is 1. The highest BCUT2D eigenvalue weighted by Crippen LogP contribution is 2.20. The molecule has 0 fully saturated rings. The van der Waals surface area contributed by atoms with Crippen LogP contribution in [-0.2, 0) is 20.1 Å². The molecular formula is C19H19ClN2O4S. The van der Waals surface area contributed by atoms with Crippen LogP contribution in [0.2, 0.25) is 5.02 Å². The number of hydrogen-bond acceptors (Lipinski definition) is 5. The van der Waals surface area contributed by atoms with Crippen molar-refractivity contribution in [2.45, 2.75) is 18.8 Å². The van der Waals surface area contributed by atoms with Gasteiger partial charge in [-0.1, -0.05) is 29.8 Å². The van der Waals surface area contributed by atoms with Crippen molar-refractivity contribution < 1.29 is 19.1 Å². The van der Waals surface area contributed by atoms with E-state index in [1.54, 1.807) is 18.2 Å². The molecule has 2 aromatic rings. The number of rotatable bonds is 8. The van der Waals surface area contributed by atoms with Crippen LogP contribution in [0.4, 0.5) is 5.69 Å². The first-order valence-corrected chi connectivity index (χ1v) is 9.61. The lowest BCUT2D eigenvalue weighted by Crippen LogP contribution is -2.30. The Morgan fingerprint density at radius 2 is 1.81 bits per heavy atom. The predicted octanol–water partition coefficient (Wildman–Crippen LogP) is 3.24. The van der Waals surface area contributed by atoms with Crippen LogP contribution in [0.3, 0.4) is 0 Å². The molecule has 8 heteroatoms. The molecule has 0 aliphatic rings. The third kappa shape index (κ3) is 6.62. The van der Waals surface area contributed by atoms with Crippen LogP contribution in [0.1, 0.15) is 22.8 Å². The molecule has 0 saturated heterocycles. The van der Waals surface area contributed by atoms with Gasteiger partial charge in [0.15, 0.2) is 6.10 Å². The molecule has 2 rings (SSSR count). The molecule has 0 aliphatic carbocycles. The van der Waals surface area contributed by atoms with E-state index in [1.165, 1.54) is 30.8 Å². The minimum Gasteiger partial charge on any atom is -0.452 e. The van der Waals surface area contributed by atoms with E-state index in [0.717, 1.165) is 5.56 Å². The summed E-state index contributed by atoms with van der Waals surface area (Å²) in [6.45, 7) is 1.49. The van der Waals surface area contributed by atoms with Crippen LogP contribution in [0.5, 0.6) is 0 Å². The van der Waals surface area contributed by atoms with E-state index in [2.05, 4.69) is 5.32 Å². The minimum atomic E-state index is -0.950. The number of benzene rings is 2. The van der Waals surface area contributed by atoms with Gasteiger partial charge in [0.1, 0.15) is 0 Å². The second-order valence-corrected chi connectivity index (χ2v) is 7.04. The molecule has 0 saturated carbocycles. The first kappa shape index (κ1) is 20.8. The average molecular weight is 407 g/mol. The Balaban J connectivity index is 1.77. The molecule has 2 amide bonds. The smallest absolute Gasteiger partial charge is 0.316 e. The highest BCUT2D eigenvalue weighted by Gasteiger charge is 2.18. The molecule has 27 heavy (non-hydrogen) atoms. The topological polar surface area (TPSA) is 98.5 Å². The van der Waals surface area contributed by atoms with Crippen molar-refractivity contribution in [3.63, 3.8) is 0 Å². The molecule has 0 heterocycles. The van der Waals surface area contributed by atoms with Crippen molar-refractivity contribution in [2.24, 2.45) is 5.73 Å². The second-order valence-electron chi connectivity index (χ2n) is 5.65. The lowest BCUT2D eigenvalue weighted by Gasteiger charge is -2.13. The highest BCUT2D eigenvalue weighted by molar-refractivity contribution is 7.99. The second kappa shape index (κ2) is 9.99. The molecule has 142 valence electrons. The summed E-state index contributed by atoms with van der Waals surface area (Å²) < 4.78 is 5.14. The standard InChI is InChI=1S/C19H19ClN2O4S/c1-12(19(25)22-15-8-6-13(7-9-15)18(21)24)26-17(23)11-27-10-14-4-2-3-5-16(14)20/h2-9,12H,10-11H2,1H3,(H2,21,24)(H,22,25)/t12-/m1/s1. The predicted molar refractivity (Wildman–Crippen MR) is 107 cm³/mol. The number of carbonyl (C=O) groups is 3. The molecule has 0 unspecified atom stereocenters. The molecule has 3 N–H and O–H groups in total. The molecule has 0 aliphatic heterocycles. The maximum Gasteiger partial charge on any atom is 0.316 e. The van der Waals surface area contributed by atoms with Gasteiger partial charge in [-0.3, -0.25) is 14.4 Å². The van der Waals surface area contributed by atoms with Gasteiger partial charge in [0.25, 0.3) is 5.91 Å². The van der Waals surface area contributed by atoms with Gasteiger partial charge in [-0.25, -0.2) is 0 Å². The summed E-state index contributed by atoms with van der Waals surface area (Å²) in [5.74, 6) is -0.827. The summed E-state index contributed by atoms with van der Waals surface area (Å²) in [4.78, 5) is 35.0. The van der Waals surface area contributed by atoms with Gasteiger partial charge in [-0.15, -0.1) is 11.8 Å². The lowest BCUT2D eigenvalue weighted by atomic mass is 10.2. The van der Waals surface area contributed by atoms with E-state index in [4.69, 9.17) is 22.1 Å². The Morgan fingerprint density at radius 3 is 2.44 bits per heavy atom. The van der Waals surface area contributed by atoms with Crippen LogP contribution < -0.4 is 11.1 Å². The number of nitrogens with two attached hydrogens (primary N) is 1. The number of carbonyl (C=O) groups excluding carboxylic acids is 3. The van der Waals surface area contributed by atoms with Gasteiger partial charge in [0, 0.05) is 22.0 Å². The van der Waals surface area contributed by atoms with Gasteiger partial charge < -0.3 is 15.8 Å². The Bertz CT molecular complexity index is 827. The van der Waals surface area contributed by atoms with Crippen LogP contribution in [0, 0.1) is 0 Å². The van der Waals surface area contributed by atoms with E-state index in [1.807, 2.05) is 18.2 Å². The van der Waals surface area contributed by atoms with Crippen LogP contribution in [0.15, 0.2) is 48.5 Å². The molecule has 2 aromatic carbocycles. The lowest BCUT2D eigenvalue weighted by molar-refractivity contribution is -0.150. The van der Waals surface area contributed by atoms with E-state index in [0.29, 0.717) is 22.0 Å². The fourth-order valence-corrected chi connectivity index (χ4v) is 3.20. The maximum atomic E-state index is 12.1. The van der Waals surface area contributed by atoms with Crippen LogP contribution >= 0.6 is 23.4 Å². The van der Waals surface area contributed by atoms with Crippen molar-refractivity contribution >= 4 is 46.8 Å². The average Bonchev–Trinajstić information content (AvgIpc) is 2.63. The Hall–Kier alpha value is -2.51. The van der Waals surface area contributed by atoms with Gasteiger partial charge >= 0.3 is 5.97 Å². The first-order valence-electron chi connectivity index (χ1n) is 8.08. The molecular weight excluding hydrogens is 388 g/mol. The summed E-state index contributed by atoms with van der Waals surface area (Å²) in [5.41, 5.74) is 6.90. The number of anilines is 1. The van der Waals surface area contributed by atoms with Crippen molar-refractivity contribution in [3.8, 4) is 0 Å². The van der Waals surface area contributed by atoms with Crippen LogP contribution in [-0.4, -0.2) is 29.6 Å². The molecule has 6 nitrogen and oxygen atoms in total. The molecule has 0 bridgehead atoms. The molecule has 0 aromatic heterocycles. The maximum absolute atomic E-state index is 12.1. The Morgan fingerprint density at radius 1 is 1.15 bits per heavy atom. The summed E-state index contributed by atoms with van der Waals surface area (Å²) in [6, 6.07) is 13.5. The quantitative estimate of drug-likeness (QED) is 0.655. The van der Waals surface area contributed by atoms with Crippen molar-refractivity contribution in [1.82, 2.24) is 0 Å². The molecule has 0 spiro atoms. The van der Waals surface area contributed by atoms with Crippen molar-refractivity contribution in [1.29, 1.82) is 0 Å². The molecule has 0 radical (unpaired) electrons. The highest BCUT2D eigenvalue weighted by atomic mass is 35.5. The number of amides is 2. The Labute approximate surface area is 166 Å². The first-order chi connectivity index (χ1) is 12.9. The van der Waals surface area contributed by atoms with Gasteiger partial charge in [0.2, 0.25) is 5.91 Å². The SMILES string of the molecule is C[C@@H](OC(=O)CSCc1ccccc1Cl)C(=O)Nc1ccc(C(N)=O)cc1. The third-order valence-electron chi connectivity index (χ3n) is 3.55. The number of nitrogens with one attached hydrogen (secondary N) is 1. The van der Waals surface area contributed by atoms with Crippen molar-refractivity contribution in [3.05, 3.63) is 64.7 Å². The van der Waals surface area contributed by atoms with E-state index >= 15 is 0 Å². The number of ether oxygens (including phenoxy) is 1. The van der Waals surface area contributed by atoms with Crippen molar-refractivity contribution in [2.75, 3.05) is 11.1 Å². The number of primary amides is 1. The number of hydrogen-bond donors (Lipinski definition) is 2. The summed E-state index contributed by atoms with van der Waals surface area (Å²) >= 11 is 7.42. The van der Waals surface area contributed by atoms with Crippen LogP contribution in [0.25, 0.3) is 0 Å². The van der Waals surface area contributed by atoms with E-state index in [9.17, 15) is 14.4 Å². The normalized spacial score (nSPS) is 11.5. The fourth-order valence-electron chi connectivity index (χ4n) is 2.11. The van der Waals surface area contributed by atoms with Gasteiger partial charge in [-0.2, -0.15) is 0 Å². The minimum absolute atomic E-state index is 0.107. The van der Waals surface area contributed by atoms with E-state index < -0.39 is 23.9 Å².